The lowest BCUT2D eigenvalue weighted by atomic mass is 10.0. The molecule has 1 atom stereocenters. The van der Waals surface area contributed by atoms with Gasteiger partial charge in [-0.05, 0) is 30.2 Å². The number of carbonyl (C=O) groups excluding carboxylic acids is 2. The van der Waals surface area contributed by atoms with Crippen molar-refractivity contribution in [2.24, 2.45) is 0 Å². The first-order chi connectivity index (χ1) is 14.0. The Hall–Kier alpha value is -3.19. The van der Waals surface area contributed by atoms with Crippen LogP contribution in [0.3, 0.4) is 0 Å². The minimum Gasteiger partial charge on any atom is -0.465 e. The molecule has 2 aliphatic rings. The van der Waals surface area contributed by atoms with Crippen LogP contribution in [0.1, 0.15) is 44.8 Å². The van der Waals surface area contributed by atoms with Crippen molar-refractivity contribution < 1.29 is 19.5 Å². The molecule has 3 amide bonds. The van der Waals surface area contributed by atoms with E-state index in [1.165, 1.54) is 9.80 Å². The second kappa shape index (κ2) is 7.67. The maximum Gasteiger partial charge on any atom is 0.407 e. The molecule has 0 bridgehead atoms. The van der Waals surface area contributed by atoms with Crippen LogP contribution in [0, 0.1) is 0 Å². The van der Waals surface area contributed by atoms with Gasteiger partial charge in [0.15, 0.2) is 0 Å². The number of imide groups is 1. The van der Waals surface area contributed by atoms with Gasteiger partial charge in [-0.2, -0.15) is 0 Å². The molecule has 0 aromatic heterocycles. The Morgan fingerprint density at radius 2 is 1.59 bits per heavy atom. The van der Waals surface area contributed by atoms with Crippen LogP contribution in [-0.4, -0.2) is 63.9 Å². The SMILES string of the molecule is CC(c1cccc(CN2CCN(C(=O)O)CC2)c1)N1C(=O)c2ccccc2C1=O. The van der Waals surface area contributed by atoms with Crippen molar-refractivity contribution in [2.45, 2.75) is 19.5 Å². The van der Waals surface area contributed by atoms with E-state index in [0.29, 0.717) is 43.9 Å². The monoisotopic (exact) mass is 393 g/mol. The zero-order valence-corrected chi connectivity index (χ0v) is 16.2. The van der Waals surface area contributed by atoms with Crippen molar-refractivity contribution in [1.29, 1.82) is 0 Å². The van der Waals surface area contributed by atoms with Crippen LogP contribution < -0.4 is 0 Å². The molecule has 1 fully saturated rings. The summed E-state index contributed by atoms with van der Waals surface area (Å²) in [4.78, 5) is 41.5. The Morgan fingerprint density at radius 3 is 2.17 bits per heavy atom. The number of hydrogen-bond acceptors (Lipinski definition) is 4. The zero-order valence-electron chi connectivity index (χ0n) is 16.2. The Balaban J connectivity index is 1.47. The fourth-order valence-corrected chi connectivity index (χ4v) is 4.02. The maximum atomic E-state index is 12.8. The first-order valence-electron chi connectivity index (χ1n) is 9.71. The van der Waals surface area contributed by atoms with Crippen LogP contribution >= 0.6 is 0 Å². The van der Waals surface area contributed by atoms with E-state index in [1.807, 2.05) is 31.2 Å². The Bertz CT molecular complexity index is 931. The lowest BCUT2D eigenvalue weighted by Gasteiger charge is -2.33. The van der Waals surface area contributed by atoms with Gasteiger partial charge in [0.05, 0.1) is 17.2 Å². The second-order valence-corrected chi connectivity index (χ2v) is 7.49. The van der Waals surface area contributed by atoms with Gasteiger partial charge in [0.25, 0.3) is 11.8 Å². The van der Waals surface area contributed by atoms with Crippen LogP contribution in [-0.2, 0) is 6.54 Å². The van der Waals surface area contributed by atoms with Crippen LogP contribution in [0.5, 0.6) is 0 Å². The summed E-state index contributed by atoms with van der Waals surface area (Å²) in [6, 6.07) is 14.5. The highest BCUT2D eigenvalue weighted by molar-refractivity contribution is 6.21. The number of fused-ring (bicyclic) bond motifs is 1. The Labute approximate surface area is 169 Å². The lowest BCUT2D eigenvalue weighted by molar-refractivity contribution is 0.0594. The van der Waals surface area contributed by atoms with Gasteiger partial charge in [0.1, 0.15) is 0 Å². The van der Waals surface area contributed by atoms with Gasteiger partial charge in [-0.25, -0.2) is 4.79 Å². The minimum atomic E-state index is -0.874. The third kappa shape index (κ3) is 3.61. The van der Waals surface area contributed by atoms with Gasteiger partial charge < -0.3 is 10.0 Å². The van der Waals surface area contributed by atoms with Crippen LogP contribution in [0.4, 0.5) is 4.79 Å². The summed E-state index contributed by atoms with van der Waals surface area (Å²) in [5.74, 6) is -0.512. The van der Waals surface area contributed by atoms with Gasteiger partial charge in [-0.3, -0.25) is 19.4 Å². The number of amides is 3. The number of carbonyl (C=O) groups is 3. The van der Waals surface area contributed by atoms with E-state index in [0.717, 1.165) is 11.1 Å². The summed E-state index contributed by atoms with van der Waals surface area (Å²) >= 11 is 0. The molecule has 1 unspecified atom stereocenters. The molecule has 4 rings (SSSR count). The molecule has 7 heteroatoms. The van der Waals surface area contributed by atoms with E-state index in [-0.39, 0.29) is 17.9 Å². The molecule has 0 spiro atoms. The zero-order chi connectivity index (χ0) is 20.5. The van der Waals surface area contributed by atoms with Gasteiger partial charge >= 0.3 is 6.09 Å². The fourth-order valence-electron chi connectivity index (χ4n) is 4.02. The predicted octanol–water partition coefficient (Wildman–Crippen LogP) is 2.84. The Kier molecular flexibility index (Phi) is 5.07. The number of hydrogen-bond donors (Lipinski definition) is 1. The maximum absolute atomic E-state index is 12.8. The second-order valence-electron chi connectivity index (χ2n) is 7.49. The van der Waals surface area contributed by atoms with Crippen molar-refractivity contribution in [3.8, 4) is 0 Å². The summed E-state index contributed by atoms with van der Waals surface area (Å²) in [6.45, 7) is 4.94. The van der Waals surface area contributed by atoms with Crippen molar-refractivity contribution in [3.63, 3.8) is 0 Å². The highest BCUT2D eigenvalue weighted by atomic mass is 16.4. The van der Waals surface area contributed by atoms with Crippen molar-refractivity contribution in [1.82, 2.24) is 14.7 Å². The number of rotatable bonds is 4. The van der Waals surface area contributed by atoms with Gasteiger partial charge in [0.2, 0.25) is 0 Å². The fraction of sp³-hybridized carbons (Fsp3) is 0.318. The standard InChI is InChI=1S/C22H23N3O4/c1-15(25-20(26)18-7-2-3-8-19(18)21(25)27)17-6-4-5-16(13-17)14-23-9-11-24(12-10-23)22(28)29/h2-8,13,15H,9-12,14H2,1H3,(H,28,29). The van der Waals surface area contributed by atoms with E-state index in [4.69, 9.17) is 5.11 Å². The van der Waals surface area contributed by atoms with E-state index in [9.17, 15) is 14.4 Å². The summed E-state index contributed by atoms with van der Waals surface area (Å²) in [5.41, 5.74) is 2.89. The van der Waals surface area contributed by atoms with Gasteiger partial charge in [-0.15, -0.1) is 0 Å². The molecule has 150 valence electrons. The van der Waals surface area contributed by atoms with Crippen molar-refractivity contribution >= 4 is 17.9 Å². The molecule has 29 heavy (non-hydrogen) atoms. The third-order valence-corrected chi connectivity index (χ3v) is 5.70. The third-order valence-electron chi connectivity index (χ3n) is 5.70. The molecule has 0 aliphatic carbocycles. The van der Waals surface area contributed by atoms with Crippen molar-refractivity contribution in [3.05, 3.63) is 70.8 Å². The van der Waals surface area contributed by atoms with Crippen molar-refractivity contribution in [2.75, 3.05) is 26.2 Å². The number of benzene rings is 2. The van der Waals surface area contributed by atoms with Crippen LogP contribution in [0.25, 0.3) is 0 Å². The molecule has 1 saturated heterocycles. The average molecular weight is 393 g/mol. The highest BCUT2D eigenvalue weighted by Gasteiger charge is 2.38. The first-order valence-corrected chi connectivity index (χ1v) is 9.71. The van der Waals surface area contributed by atoms with E-state index in [1.54, 1.807) is 24.3 Å². The van der Waals surface area contributed by atoms with Crippen LogP contribution in [0.15, 0.2) is 48.5 Å². The number of piperazine rings is 1. The lowest BCUT2D eigenvalue weighted by Crippen LogP contribution is -2.47. The predicted molar refractivity (Wildman–Crippen MR) is 107 cm³/mol. The molecular formula is C22H23N3O4. The molecule has 2 aliphatic heterocycles. The Morgan fingerprint density at radius 1 is 0.966 bits per heavy atom. The van der Waals surface area contributed by atoms with E-state index in [2.05, 4.69) is 4.90 Å². The number of nitrogens with zero attached hydrogens (tertiary/aromatic N) is 3. The molecule has 7 nitrogen and oxygen atoms in total. The summed E-state index contributed by atoms with van der Waals surface area (Å²) in [6.07, 6.45) is -0.874. The molecular weight excluding hydrogens is 370 g/mol. The number of carboxylic acid groups (broad SMARTS) is 1. The smallest absolute Gasteiger partial charge is 0.407 e. The molecule has 2 aromatic carbocycles. The van der Waals surface area contributed by atoms with E-state index >= 15 is 0 Å². The summed E-state index contributed by atoms with van der Waals surface area (Å²) in [5, 5.41) is 9.07. The van der Waals surface area contributed by atoms with Gasteiger partial charge in [0, 0.05) is 32.7 Å². The average Bonchev–Trinajstić information content (AvgIpc) is 2.99. The van der Waals surface area contributed by atoms with Gasteiger partial charge in [-0.1, -0.05) is 36.4 Å². The molecule has 0 radical (unpaired) electrons. The van der Waals surface area contributed by atoms with E-state index < -0.39 is 6.09 Å². The first kappa shape index (κ1) is 19.1. The molecule has 2 aromatic rings. The molecule has 0 saturated carbocycles. The minimum absolute atomic E-state index is 0.256. The summed E-state index contributed by atoms with van der Waals surface area (Å²) in [7, 11) is 0. The topological polar surface area (TPSA) is 81.2 Å². The normalized spacial score (nSPS) is 18.1. The molecule has 2 heterocycles. The largest absolute Gasteiger partial charge is 0.465 e. The molecule has 1 N–H and O–H groups in total. The summed E-state index contributed by atoms with van der Waals surface area (Å²) < 4.78 is 0. The van der Waals surface area contributed by atoms with Crippen LogP contribution in [0.2, 0.25) is 0 Å². The quantitative estimate of drug-likeness (QED) is 0.808. The highest BCUT2D eigenvalue weighted by Crippen LogP contribution is 2.31.